The Morgan fingerprint density at radius 2 is 1.71 bits per heavy atom. The second-order valence-electron chi connectivity index (χ2n) is 7.12. The van der Waals surface area contributed by atoms with Gasteiger partial charge in [0.1, 0.15) is 13.2 Å². The lowest BCUT2D eigenvalue weighted by atomic mass is 9.77. The summed E-state index contributed by atoms with van der Waals surface area (Å²) in [6, 6.07) is 0. The fourth-order valence-electron chi connectivity index (χ4n) is 2.88. The molecule has 6 nitrogen and oxygen atoms in total. The third kappa shape index (κ3) is 6.49. The minimum absolute atomic E-state index is 0.0391. The molecule has 0 aromatic heterocycles. The quantitative estimate of drug-likeness (QED) is 0.511. The molecule has 0 bridgehead atoms. The molecule has 1 saturated carbocycles. The molecule has 0 radical (unpaired) electrons. The van der Waals surface area contributed by atoms with Crippen molar-refractivity contribution < 1.29 is 29.0 Å². The van der Waals surface area contributed by atoms with Crippen LogP contribution in [0.15, 0.2) is 0 Å². The van der Waals surface area contributed by atoms with Crippen LogP contribution in [-0.4, -0.2) is 36.2 Å². The zero-order valence-electron chi connectivity index (χ0n) is 15.0. The fraction of sp³-hybridized carbons (Fsp3) is 0.833. The molecule has 0 aliphatic heterocycles. The molecule has 0 aromatic carbocycles. The Kier molecular flexibility index (Phi) is 8.22. The van der Waals surface area contributed by atoms with Crippen molar-refractivity contribution in [2.75, 3.05) is 13.2 Å². The summed E-state index contributed by atoms with van der Waals surface area (Å²) < 4.78 is 10.2. The number of carboxylic acids is 1. The number of ether oxygens (including phenoxy) is 2. The van der Waals surface area contributed by atoms with E-state index in [9.17, 15) is 19.5 Å². The van der Waals surface area contributed by atoms with Gasteiger partial charge in [0.2, 0.25) is 0 Å². The predicted molar refractivity (Wildman–Crippen MR) is 88.3 cm³/mol. The summed E-state index contributed by atoms with van der Waals surface area (Å²) in [4.78, 5) is 34.7. The van der Waals surface area contributed by atoms with E-state index >= 15 is 0 Å². The lowest BCUT2D eigenvalue weighted by Gasteiger charge is -2.28. The maximum atomic E-state index is 11.8. The molecule has 138 valence electrons. The summed E-state index contributed by atoms with van der Waals surface area (Å²) in [5.41, 5.74) is -0.531. The molecule has 2 unspecified atom stereocenters. The van der Waals surface area contributed by atoms with Crippen molar-refractivity contribution in [1.29, 1.82) is 0 Å². The molecule has 0 saturated heterocycles. The maximum Gasteiger partial charge on any atom is 0.311 e. The van der Waals surface area contributed by atoms with Gasteiger partial charge in [-0.1, -0.05) is 19.8 Å². The Morgan fingerprint density at radius 3 is 2.33 bits per heavy atom. The molecular formula is C18H30O6. The predicted octanol–water partition coefficient (Wildman–Crippen LogP) is 3.18. The number of esters is 2. The summed E-state index contributed by atoms with van der Waals surface area (Å²) in [5, 5.41) is 9.22. The van der Waals surface area contributed by atoms with Crippen molar-refractivity contribution in [1.82, 2.24) is 0 Å². The van der Waals surface area contributed by atoms with Crippen LogP contribution in [0.5, 0.6) is 0 Å². The summed E-state index contributed by atoms with van der Waals surface area (Å²) >= 11 is 0. The number of rotatable bonds is 9. The Hall–Kier alpha value is -1.59. The van der Waals surface area contributed by atoms with Crippen LogP contribution < -0.4 is 0 Å². The summed E-state index contributed by atoms with van der Waals surface area (Å²) in [7, 11) is 0. The van der Waals surface area contributed by atoms with Crippen molar-refractivity contribution in [3.05, 3.63) is 0 Å². The zero-order chi connectivity index (χ0) is 18.2. The van der Waals surface area contributed by atoms with Crippen LogP contribution in [-0.2, 0) is 23.9 Å². The van der Waals surface area contributed by atoms with Crippen LogP contribution in [0, 0.1) is 17.3 Å². The maximum absolute atomic E-state index is 11.8. The molecule has 24 heavy (non-hydrogen) atoms. The zero-order valence-corrected chi connectivity index (χ0v) is 15.0. The Labute approximate surface area is 143 Å². The SMILES string of the molecule is CCC(C)(C)C(=O)OCCOC(=O)CCC1CCCCC1C(=O)O. The number of carbonyl (C=O) groups is 3. The molecule has 0 aromatic rings. The third-order valence-electron chi connectivity index (χ3n) is 4.96. The average molecular weight is 342 g/mol. The van der Waals surface area contributed by atoms with Crippen LogP contribution in [0.3, 0.4) is 0 Å². The Bertz CT molecular complexity index is 443. The van der Waals surface area contributed by atoms with E-state index < -0.39 is 11.4 Å². The van der Waals surface area contributed by atoms with Crippen molar-refractivity contribution in [3.63, 3.8) is 0 Å². The molecular weight excluding hydrogens is 312 g/mol. The van der Waals surface area contributed by atoms with Gasteiger partial charge in [-0.3, -0.25) is 14.4 Å². The standard InChI is InChI=1S/C18H30O6/c1-4-18(2,3)17(22)24-12-11-23-15(19)10-9-13-7-5-6-8-14(13)16(20)21/h13-14H,4-12H2,1-3H3,(H,20,21). The van der Waals surface area contributed by atoms with Gasteiger partial charge in [-0.15, -0.1) is 0 Å². The van der Waals surface area contributed by atoms with Gasteiger partial charge in [-0.2, -0.15) is 0 Å². The average Bonchev–Trinajstić information content (AvgIpc) is 2.56. The molecule has 1 N–H and O–H groups in total. The fourth-order valence-corrected chi connectivity index (χ4v) is 2.88. The van der Waals surface area contributed by atoms with Crippen molar-refractivity contribution in [3.8, 4) is 0 Å². The largest absolute Gasteiger partial charge is 0.481 e. The van der Waals surface area contributed by atoms with Crippen LogP contribution >= 0.6 is 0 Å². The normalized spacial score (nSPS) is 21.1. The van der Waals surface area contributed by atoms with Crippen LogP contribution in [0.25, 0.3) is 0 Å². The first kappa shape index (κ1) is 20.5. The van der Waals surface area contributed by atoms with Gasteiger partial charge < -0.3 is 14.6 Å². The summed E-state index contributed by atoms with van der Waals surface area (Å²) in [6.45, 7) is 5.62. The molecule has 1 fully saturated rings. The highest BCUT2D eigenvalue weighted by atomic mass is 16.6. The number of hydrogen-bond acceptors (Lipinski definition) is 5. The first-order valence-corrected chi connectivity index (χ1v) is 8.83. The highest BCUT2D eigenvalue weighted by molar-refractivity contribution is 5.75. The molecule has 6 heteroatoms. The Balaban J connectivity index is 2.22. The second-order valence-corrected chi connectivity index (χ2v) is 7.12. The molecule has 1 aliphatic carbocycles. The van der Waals surface area contributed by atoms with Gasteiger partial charge in [0, 0.05) is 6.42 Å². The summed E-state index contributed by atoms with van der Waals surface area (Å²) in [5.74, 6) is -1.72. The van der Waals surface area contributed by atoms with Gasteiger partial charge >= 0.3 is 17.9 Å². The van der Waals surface area contributed by atoms with Crippen molar-refractivity contribution in [2.45, 2.75) is 65.7 Å². The minimum atomic E-state index is -0.765. The van der Waals surface area contributed by atoms with E-state index in [1.54, 1.807) is 0 Å². The Morgan fingerprint density at radius 1 is 1.08 bits per heavy atom. The van der Waals surface area contributed by atoms with Gasteiger partial charge in [0.25, 0.3) is 0 Å². The lowest BCUT2D eigenvalue weighted by molar-refractivity contribution is -0.159. The lowest BCUT2D eigenvalue weighted by Crippen LogP contribution is -2.28. The smallest absolute Gasteiger partial charge is 0.311 e. The highest BCUT2D eigenvalue weighted by Crippen LogP contribution is 2.33. The number of hydrogen-bond donors (Lipinski definition) is 1. The van der Waals surface area contributed by atoms with Gasteiger partial charge in [0.05, 0.1) is 11.3 Å². The van der Waals surface area contributed by atoms with E-state index in [2.05, 4.69) is 0 Å². The van der Waals surface area contributed by atoms with Gasteiger partial charge in [-0.05, 0) is 45.4 Å². The monoisotopic (exact) mass is 342 g/mol. The van der Waals surface area contributed by atoms with E-state index in [0.717, 1.165) is 19.3 Å². The number of carbonyl (C=O) groups excluding carboxylic acids is 2. The van der Waals surface area contributed by atoms with E-state index in [-0.39, 0.29) is 43.4 Å². The van der Waals surface area contributed by atoms with Gasteiger partial charge in [0.15, 0.2) is 0 Å². The third-order valence-corrected chi connectivity index (χ3v) is 4.96. The highest BCUT2D eigenvalue weighted by Gasteiger charge is 2.31. The first-order valence-electron chi connectivity index (χ1n) is 8.83. The second kappa shape index (κ2) is 9.64. The van der Waals surface area contributed by atoms with E-state index in [1.807, 2.05) is 20.8 Å². The molecule has 0 amide bonds. The molecule has 1 rings (SSSR count). The van der Waals surface area contributed by atoms with Crippen LogP contribution in [0.1, 0.15) is 65.7 Å². The topological polar surface area (TPSA) is 89.9 Å². The minimum Gasteiger partial charge on any atom is -0.481 e. The molecule has 2 atom stereocenters. The van der Waals surface area contributed by atoms with Crippen LogP contribution in [0.4, 0.5) is 0 Å². The number of aliphatic carboxylic acids is 1. The van der Waals surface area contributed by atoms with E-state index in [4.69, 9.17) is 9.47 Å². The number of carboxylic acid groups (broad SMARTS) is 1. The van der Waals surface area contributed by atoms with Crippen molar-refractivity contribution >= 4 is 17.9 Å². The molecule has 0 heterocycles. The first-order chi connectivity index (χ1) is 11.3. The van der Waals surface area contributed by atoms with Crippen molar-refractivity contribution in [2.24, 2.45) is 17.3 Å². The molecule has 1 aliphatic rings. The van der Waals surface area contributed by atoms with E-state index in [1.165, 1.54) is 0 Å². The summed E-state index contributed by atoms with van der Waals surface area (Å²) in [6.07, 6.45) is 4.94. The van der Waals surface area contributed by atoms with Crippen LogP contribution in [0.2, 0.25) is 0 Å². The van der Waals surface area contributed by atoms with E-state index in [0.29, 0.717) is 19.3 Å². The van der Waals surface area contributed by atoms with Gasteiger partial charge in [-0.25, -0.2) is 0 Å². The molecule has 0 spiro atoms.